The van der Waals surface area contributed by atoms with Crippen molar-refractivity contribution in [3.63, 3.8) is 0 Å². The summed E-state index contributed by atoms with van der Waals surface area (Å²) in [5, 5.41) is 3.18. The zero-order chi connectivity index (χ0) is 16.5. The molecule has 4 heteroatoms. The fourth-order valence-corrected chi connectivity index (χ4v) is 3.65. The molecule has 2 fully saturated rings. The molecule has 126 valence electrons. The molecule has 0 spiro atoms. The van der Waals surface area contributed by atoms with Gasteiger partial charge >= 0.3 is 0 Å². The van der Waals surface area contributed by atoms with Crippen molar-refractivity contribution in [2.24, 2.45) is 11.8 Å². The van der Waals surface area contributed by atoms with E-state index in [0.29, 0.717) is 31.2 Å². The van der Waals surface area contributed by atoms with E-state index in [4.69, 9.17) is 0 Å². The molecule has 1 aliphatic carbocycles. The van der Waals surface area contributed by atoms with Crippen molar-refractivity contribution >= 4 is 11.7 Å². The first kappa shape index (κ1) is 15.6. The molecule has 1 aromatic carbocycles. The number of benzene rings is 1. The monoisotopic (exact) mass is 324 g/mol. The van der Waals surface area contributed by atoms with E-state index in [1.807, 2.05) is 23.1 Å². The molecule has 1 aromatic rings. The highest BCUT2D eigenvalue weighted by Gasteiger charge is 2.34. The summed E-state index contributed by atoms with van der Waals surface area (Å²) in [7, 11) is 0. The summed E-state index contributed by atoms with van der Waals surface area (Å²) in [6, 6.07) is 8.27. The number of carbonyl (C=O) groups excluding carboxylic acids is 2. The Morgan fingerprint density at radius 2 is 1.83 bits per heavy atom. The van der Waals surface area contributed by atoms with Crippen molar-refractivity contribution in [3.05, 3.63) is 47.5 Å². The van der Waals surface area contributed by atoms with Gasteiger partial charge in [0.2, 0.25) is 5.91 Å². The molecule has 1 saturated carbocycles. The van der Waals surface area contributed by atoms with Crippen molar-refractivity contribution in [1.82, 2.24) is 10.2 Å². The van der Waals surface area contributed by atoms with E-state index < -0.39 is 0 Å². The third-order valence-electron chi connectivity index (χ3n) is 5.52. The second-order valence-corrected chi connectivity index (χ2v) is 7.29. The second kappa shape index (κ2) is 6.52. The quantitative estimate of drug-likeness (QED) is 0.818. The fraction of sp³-hybridized carbons (Fsp3) is 0.500. The van der Waals surface area contributed by atoms with Crippen LogP contribution in [0, 0.1) is 11.8 Å². The number of nitrogens with zero attached hydrogens (tertiary/aromatic N) is 1. The molecule has 0 unspecified atom stereocenters. The molecule has 24 heavy (non-hydrogen) atoms. The Morgan fingerprint density at radius 1 is 1.17 bits per heavy atom. The van der Waals surface area contributed by atoms with Gasteiger partial charge in [-0.1, -0.05) is 30.3 Å². The zero-order valence-electron chi connectivity index (χ0n) is 13.9. The number of fused-ring (bicyclic) bond motifs is 1. The average molecular weight is 324 g/mol. The van der Waals surface area contributed by atoms with E-state index in [2.05, 4.69) is 17.4 Å². The number of ketones is 1. The van der Waals surface area contributed by atoms with E-state index in [0.717, 1.165) is 13.0 Å². The lowest BCUT2D eigenvalue weighted by Gasteiger charge is -2.27. The molecule has 1 amide bonds. The maximum atomic E-state index is 12.5. The van der Waals surface area contributed by atoms with E-state index in [9.17, 15) is 9.59 Å². The van der Waals surface area contributed by atoms with Gasteiger partial charge in [-0.05, 0) is 54.8 Å². The minimum atomic E-state index is 0.0587. The molecule has 3 aliphatic rings. The van der Waals surface area contributed by atoms with Crippen LogP contribution in [0.4, 0.5) is 0 Å². The highest BCUT2D eigenvalue weighted by Crippen LogP contribution is 2.40. The highest BCUT2D eigenvalue weighted by atomic mass is 16.2. The first-order chi connectivity index (χ1) is 11.7. The van der Waals surface area contributed by atoms with Gasteiger partial charge in [0.15, 0.2) is 0 Å². The predicted octanol–water partition coefficient (Wildman–Crippen LogP) is 2.43. The number of allylic oxidation sites excluding steroid dienone is 1. The number of carbonyl (C=O) groups is 2. The lowest BCUT2D eigenvalue weighted by Crippen LogP contribution is -2.48. The van der Waals surface area contributed by atoms with Crippen LogP contribution in [0.1, 0.15) is 36.8 Å². The number of rotatable bonds is 6. The van der Waals surface area contributed by atoms with Gasteiger partial charge in [0.25, 0.3) is 0 Å². The second-order valence-electron chi connectivity index (χ2n) is 7.29. The minimum Gasteiger partial charge on any atom is -0.330 e. The number of nitrogens with one attached hydrogen (secondary N) is 1. The van der Waals surface area contributed by atoms with Crippen molar-refractivity contribution in [2.75, 3.05) is 6.54 Å². The maximum absolute atomic E-state index is 12.5. The van der Waals surface area contributed by atoms with Gasteiger partial charge in [-0.2, -0.15) is 0 Å². The number of Topliss-reactive ketones (excluding diaryl/α,β-unsaturated/α-hetero) is 1. The van der Waals surface area contributed by atoms with Crippen molar-refractivity contribution in [2.45, 2.75) is 44.8 Å². The van der Waals surface area contributed by atoms with Crippen LogP contribution in [-0.2, 0) is 22.7 Å². The van der Waals surface area contributed by atoms with Crippen LogP contribution in [-0.4, -0.2) is 29.2 Å². The third-order valence-corrected chi connectivity index (χ3v) is 5.52. The van der Waals surface area contributed by atoms with Gasteiger partial charge in [-0.3, -0.25) is 9.59 Å². The summed E-state index contributed by atoms with van der Waals surface area (Å²) in [5.41, 5.74) is 2.48. The Kier molecular flexibility index (Phi) is 4.23. The number of amides is 1. The Morgan fingerprint density at radius 3 is 2.38 bits per heavy atom. The van der Waals surface area contributed by atoms with E-state index in [-0.39, 0.29) is 17.9 Å². The molecule has 2 aliphatic heterocycles. The van der Waals surface area contributed by atoms with Gasteiger partial charge in [0.05, 0.1) is 6.04 Å². The summed E-state index contributed by atoms with van der Waals surface area (Å²) >= 11 is 0. The van der Waals surface area contributed by atoms with Crippen LogP contribution in [0.15, 0.2) is 36.4 Å². The van der Waals surface area contributed by atoms with Crippen molar-refractivity contribution < 1.29 is 9.59 Å². The summed E-state index contributed by atoms with van der Waals surface area (Å²) < 4.78 is 0. The molecule has 2 atom stereocenters. The highest BCUT2D eigenvalue weighted by molar-refractivity contribution is 5.88. The van der Waals surface area contributed by atoms with Gasteiger partial charge < -0.3 is 10.2 Å². The van der Waals surface area contributed by atoms with Crippen LogP contribution in [0.3, 0.4) is 0 Å². The minimum absolute atomic E-state index is 0.0587. The number of hydrogen-bond acceptors (Lipinski definition) is 3. The van der Waals surface area contributed by atoms with E-state index in [1.165, 1.54) is 24.0 Å². The topological polar surface area (TPSA) is 49.4 Å². The first-order valence-electron chi connectivity index (χ1n) is 9.00. The molecule has 1 N–H and O–H groups in total. The average Bonchev–Trinajstić information content (AvgIpc) is 3.27. The Labute approximate surface area is 142 Å². The molecular weight excluding hydrogens is 300 g/mol. The van der Waals surface area contributed by atoms with Crippen LogP contribution in [0.25, 0.3) is 0 Å². The molecule has 2 heterocycles. The molecule has 4 nitrogen and oxygen atoms in total. The Hall–Kier alpha value is -1.94. The third kappa shape index (κ3) is 3.29. The van der Waals surface area contributed by atoms with E-state index in [1.54, 1.807) is 6.08 Å². The van der Waals surface area contributed by atoms with E-state index >= 15 is 0 Å². The van der Waals surface area contributed by atoms with Crippen molar-refractivity contribution in [3.8, 4) is 0 Å². The molecule has 0 bridgehead atoms. The van der Waals surface area contributed by atoms with Gasteiger partial charge in [0, 0.05) is 19.5 Å². The van der Waals surface area contributed by atoms with Crippen LogP contribution in [0.5, 0.6) is 0 Å². The Balaban J connectivity index is 1.36. The molecule has 4 rings (SSSR count). The van der Waals surface area contributed by atoms with Crippen LogP contribution in [0.2, 0.25) is 0 Å². The van der Waals surface area contributed by atoms with Crippen molar-refractivity contribution in [1.29, 1.82) is 0 Å². The molecule has 1 saturated heterocycles. The molecule has 0 aromatic heterocycles. The summed E-state index contributed by atoms with van der Waals surface area (Å²) in [5.74, 6) is 1.19. The van der Waals surface area contributed by atoms with Gasteiger partial charge in [-0.25, -0.2) is 0 Å². The summed E-state index contributed by atoms with van der Waals surface area (Å²) in [4.78, 5) is 26.6. The fourth-order valence-electron chi connectivity index (χ4n) is 3.65. The Bertz CT molecular complexity index is 649. The smallest absolute Gasteiger partial charge is 0.246 e. The SMILES string of the molecule is O=C(C[C@H](/C=C/C(=O)N1Cc2ccccc2C1)C1CC1)[C@@H]1CCN1. The van der Waals surface area contributed by atoms with Crippen LogP contribution >= 0.6 is 0 Å². The van der Waals surface area contributed by atoms with Gasteiger partial charge in [0.1, 0.15) is 5.78 Å². The normalized spacial score (nSPS) is 23.8. The predicted molar refractivity (Wildman–Crippen MR) is 92.1 cm³/mol. The molecule has 0 radical (unpaired) electrons. The standard InChI is InChI=1S/C20H24N2O2/c23-19(18-9-10-21-18)11-15(14-5-6-14)7-8-20(24)22-12-16-3-1-2-4-17(16)13-22/h1-4,7-8,14-15,18,21H,5-6,9-13H2/b8-7+/t15-,18-/m0/s1. The summed E-state index contributed by atoms with van der Waals surface area (Å²) in [6.07, 6.45) is 7.61. The van der Waals surface area contributed by atoms with Gasteiger partial charge in [-0.15, -0.1) is 0 Å². The molecular formula is C20H24N2O2. The first-order valence-corrected chi connectivity index (χ1v) is 9.00. The lowest BCUT2D eigenvalue weighted by molar-refractivity contribution is -0.127. The maximum Gasteiger partial charge on any atom is 0.246 e. The number of hydrogen-bond donors (Lipinski definition) is 1. The largest absolute Gasteiger partial charge is 0.330 e. The zero-order valence-corrected chi connectivity index (χ0v) is 13.9. The van der Waals surface area contributed by atoms with Crippen LogP contribution < -0.4 is 5.32 Å². The summed E-state index contributed by atoms with van der Waals surface area (Å²) in [6.45, 7) is 2.34. The lowest BCUT2D eigenvalue weighted by atomic mass is 9.90.